The molecule has 0 aliphatic carbocycles. The van der Waals surface area contributed by atoms with Gasteiger partial charge in [0.25, 0.3) is 0 Å². The molecular formula is C14H13BrFN. The van der Waals surface area contributed by atoms with Gasteiger partial charge in [-0.05, 0) is 42.3 Å². The largest absolute Gasteiger partial charge is 0.381 e. The van der Waals surface area contributed by atoms with Gasteiger partial charge in [0.1, 0.15) is 5.82 Å². The highest BCUT2D eigenvalue weighted by atomic mass is 79.9. The first-order chi connectivity index (χ1) is 8.15. The summed E-state index contributed by atoms with van der Waals surface area (Å²) in [6.45, 7) is 2.66. The van der Waals surface area contributed by atoms with Gasteiger partial charge < -0.3 is 5.32 Å². The Balaban J connectivity index is 2.05. The van der Waals surface area contributed by atoms with Crippen molar-refractivity contribution in [3.63, 3.8) is 0 Å². The van der Waals surface area contributed by atoms with Crippen LogP contribution in [0, 0.1) is 12.7 Å². The fourth-order valence-electron chi connectivity index (χ4n) is 1.55. The van der Waals surface area contributed by atoms with Crippen molar-refractivity contribution in [1.29, 1.82) is 0 Å². The monoisotopic (exact) mass is 293 g/mol. The second kappa shape index (κ2) is 5.32. The summed E-state index contributed by atoms with van der Waals surface area (Å²) >= 11 is 3.48. The Kier molecular flexibility index (Phi) is 3.79. The number of hydrogen-bond acceptors (Lipinski definition) is 1. The van der Waals surface area contributed by atoms with Crippen LogP contribution >= 0.6 is 15.9 Å². The van der Waals surface area contributed by atoms with E-state index in [4.69, 9.17) is 0 Å². The number of halogens is 2. The molecule has 0 amide bonds. The van der Waals surface area contributed by atoms with Crippen LogP contribution in [0.2, 0.25) is 0 Å². The molecule has 2 aromatic rings. The van der Waals surface area contributed by atoms with Crippen LogP contribution in [0.1, 0.15) is 11.1 Å². The van der Waals surface area contributed by atoms with Crippen LogP contribution in [0.4, 0.5) is 10.1 Å². The summed E-state index contributed by atoms with van der Waals surface area (Å²) in [7, 11) is 0. The smallest absolute Gasteiger partial charge is 0.123 e. The number of rotatable bonds is 3. The molecule has 0 heterocycles. The van der Waals surface area contributed by atoms with E-state index in [1.807, 2.05) is 31.2 Å². The van der Waals surface area contributed by atoms with Crippen molar-refractivity contribution < 1.29 is 4.39 Å². The number of anilines is 1. The van der Waals surface area contributed by atoms with Crippen LogP contribution in [-0.2, 0) is 6.54 Å². The summed E-state index contributed by atoms with van der Waals surface area (Å²) in [5.74, 6) is -0.200. The molecule has 0 unspecified atom stereocenters. The Labute approximate surface area is 109 Å². The van der Waals surface area contributed by atoms with Gasteiger partial charge in [-0.3, -0.25) is 0 Å². The standard InChI is InChI=1S/C14H13BrFN/c1-10-5-6-13(8-14(10)15)17-9-11-3-2-4-12(16)7-11/h2-8,17H,9H2,1H3. The Morgan fingerprint density at radius 1 is 1.18 bits per heavy atom. The van der Waals surface area contributed by atoms with Gasteiger partial charge in [0, 0.05) is 16.7 Å². The molecule has 0 aromatic heterocycles. The van der Waals surface area contributed by atoms with E-state index in [0.29, 0.717) is 6.54 Å². The molecule has 0 aliphatic rings. The molecule has 0 aliphatic heterocycles. The molecule has 2 rings (SSSR count). The minimum Gasteiger partial charge on any atom is -0.381 e. The van der Waals surface area contributed by atoms with Crippen LogP contribution in [0.25, 0.3) is 0 Å². The third-order valence-corrected chi connectivity index (χ3v) is 3.41. The van der Waals surface area contributed by atoms with Crippen molar-refractivity contribution in [3.8, 4) is 0 Å². The lowest BCUT2D eigenvalue weighted by Crippen LogP contribution is -1.99. The van der Waals surface area contributed by atoms with Gasteiger partial charge in [-0.25, -0.2) is 4.39 Å². The molecule has 1 N–H and O–H groups in total. The quantitative estimate of drug-likeness (QED) is 0.878. The zero-order chi connectivity index (χ0) is 12.3. The predicted molar refractivity (Wildman–Crippen MR) is 72.6 cm³/mol. The summed E-state index contributed by atoms with van der Waals surface area (Å²) in [5, 5.41) is 3.26. The third kappa shape index (κ3) is 3.30. The van der Waals surface area contributed by atoms with Gasteiger partial charge in [-0.2, -0.15) is 0 Å². The number of aryl methyl sites for hydroxylation is 1. The predicted octanol–water partition coefficient (Wildman–Crippen LogP) is 4.51. The highest BCUT2D eigenvalue weighted by molar-refractivity contribution is 9.10. The van der Waals surface area contributed by atoms with Crippen molar-refractivity contribution >= 4 is 21.6 Å². The van der Waals surface area contributed by atoms with E-state index in [2.05, 4.69) is 21.2 Å². The van der Waals surface area contributed by atoms with Crippen molar-refractivity contribution in [2.75, 3.05) is 5.32 Å². The number of hydrogen-bond donors (Lipinski definition) is 1. The molecule has 2 aromatic carbocycles. The molecule has 0 fully saturated rings. The van der Waals surface area contributed by atoms with Crippen LogP contribution in [0.3, 0.4) is 0 Å². The molecule has 0 bridgehead atoms. The highest BCUT2D eigenvalue weighted by Gasteiger charge is 1.98. The topological polar surface area (TPSA) is 12.0 Å². The zero-order valence-corrected chi connectivity index (χ0v) is 11.1. The highest BCUT2D eigenvalue weighted by Crippen LogP contribution is 2.21. The van der Waals surface area contributed by atoms with Crippen molar-refractivity contribution in [3.05, 3.63) is 63.9 Å². The second-order valence-electron chi connectivity index (χ2n) is 3.95. The van der Waals surface area contributed by atoms with Crippen molar-refractivity contribution in [2.24, 2.45) is 0 Å². The molecule has 88 valence electrons. The SMILES string of the molecule is Cc1ccc(NCc2cccc(F)c2)cc1Br. The molecule has 1 nitrogen and oxygen atoms in total. The molecule has 3 heteroatoms. The Morgan fingerprint density at radius 3 is 2.71 bits per heavy atom. The number of nitrogens with one attached hydrogen (secondary N) is 1. The minimum absolute atomic E-state index is 0.200. The minimum atomic E-state index is -0.200. The Hall–Kier alpha value is -1.35. The maximum atomic E-state index is 13.0. The Morgan fingerprint density at radius 2 is 2.00 bits per heavy atom. The molecular weight excluding hydrogens is 281 g/mol. The van der Waals surface area contributed by atoms with E-state index in [9.17, 15) is 4.39 Å². The van der Waals surface area contributed by atoms with Crippen LogP contribution in [0.5, 0.6) is 0 Å². The summed E-state index contributed by atoms with van der Waals surface area (Å²) < 4.78 is 14.0. The van der Waals surface area contributed by atoms with Crippen LogP contribution < -0.4 is 5.32 Å². The molecule has 0 radical (unpaired) electrons. The van der Waals surface area contributed by atoms with Gasteiger partial charge in [-0.1, -0.05) is 34.1 Å². The summed E-state index contributed by atoms with van der Waals surface area (Å²) in [5.41, 5.74) is 3.15. The molecule has 17 heavy (non-hydrogen) atoms. The second-order valence-corrected chi connectivity index (χ2v) is 4.80. The van der Waals surface area contributed by atoms with E-state index in [0.717, 1.165) is 15.7 Å². The lowest BCUT2D eigenvalue weighted by atomic mass is 10.2. The first-order valence-corrected chi connectivity index (χ1v) is 6.19. The Bertz CT molecular complexity index is 525. The van der Waals surface area contributed by atoms with E-state index in [1.54, 1.807) is 6.07 Å². The maximum Gasteiger partial charge on any atom is 0.123 e. The van der Waals surface area contributed by atoms with Crippen molar-refractivity contribution in [2.45, 2.75) is 13.5 Å². The van der Waals surface area contributed by atoms with Gasteiger partial charge in [0.2, 0.25) is 0 Å². The van der Waals surface area contributed by atoms with E-state index in [1.165, 1.54) is 17.7 Å². The van der Waals surface area contributed by atoms with Gasteiger partial charge in [0.05, 0.1) is 0 Å². The lowest BCUT2D eigenvalue weighted by Gasteiger charge is -2.08. The maximum absolute atomic E-state index is 13.0. The average molecular weight is 294 g/mol. The third-order valence-electron chi connectivity index (χ3n) is 2.56. The van der Waals surface area contributed by atoms with Gasteiger partial charge in [-0.15, -0.1) is 0 Å². The van der Waals surface area contributed by atoms with E-state index in [-0.39, 0.29) is 5.82 Å². The first kappa shape index (κ1) is 12.1. The van der Waals surface area contributed by atoms with Crippen molar-refractivity contribution in [1.82, 2.24) is 0 Å². The van der Waals surface area contributed by atoms with E-state index < -0.39 is 0 Å². The fraction of sp³-hybridized carbons (Fsp3) is 0.143. The molecule has 0 spiro atoms. The summed E-state index contributed by atoms with van der Waals surface area (Å²) in [6.07, 6.45) is 0. The zero-order valence-electron chi connectivity index (χ0n) is 9.50. The van der Waals surface area contributed by atoms with Crippen LogP contribution in [-0.4, -0.2) is 0 Å². The lowest BCUT2D eigenvalue weighted by molar-refractivity contribution is 0.626. The summed E-state index contributed by atoms with van der Waals surface area (Å²) in [4.78, 5) is 0. The van der Waals surface area contributed by atoms with Crippen LogP contribution in [0.15, 0.2) is 46.9 Å². The number of benzene rings is 2. The molecule has 0 saturated carbocycles. The summed E-state index contributed by atoms with van der Waals surface area (Å²) in [6, 6.07) is 12.7. The molecule has 0 atom stereocenters. The normalized spacial score (nSPS) is 10.3. The fourth-order valence-corrected chi connectivity index (χ4v) is 1.93. The molecule has 0 saturated heterocycles. The van der Waals surface area contributed by atoms with Gasteiger partial charge in [0.15, 0.2) is 0 Å². The average Bonchev–Trinajstić information content (AvgIpc) is 2.31. The van der Waals surface area contributed by atoms with Gasteiger partial charge >= 0.3 is 0 Å². The first-order valence-electron chi connectivity index (χ1n) is 5.39. The van der Waals surface area contributed by atoms with E-state index >= 15 is 0 Å².